The Labute approximate surface area is 117 Å². The average molecular weight is 257 g/mol. The largest absolute Gasteiger partial charge is 0.322 e. The molecule has 0 aromatic heterocycles. The van der Waals surface area contributed by atoms with Crippen LogP contribution >= 0.6 is 0 Å². The molecule has 1 aliphatic rings. The number of rotatable bonds is 2. The molecule has 1 saturated heterocycles. The van der Waals surface area contributed by atoms with Gasteiger partial charge in [0.2, 0.25) is 0 Å². The molecule has 0 spiro atoms. The highest BCUT2D eigenvalue weighted by Gasteiger charge is 2.48. The predicted octanol–water partition coefficient (Wildman–Crippen LogP) is 1.77. The van der Waals surface area contributed by atoms with Crippen molar-refractivity contribution >= 4 is 11.9 Å². The number of hydrogen-bond acceptors (Lipinski definition) is 2. The molecule has 1 fully saturated rings. The van der Waals surface area contributed by atoms with E-state index in [0.717, 1.165) is 0 Å². The van der Waals surface area contributed by atoms with Gasteiger partial charge in [0.25, 0.3) is 5.91 Å². The van der Waals surface area contributed by atoms with E-state index in [-0.39, 0.29) is 5.56 Å². The fourth-order valence-corrected chi connectivity index (χ4v) is 2.10. The minimum atomic E-state index is -1.88. The van der Waals surface area contributed by atoms with Crippen LogP contribution in [-0.4, -0.2) is 11.9 Å². The molecule has 1 aliphatic heterocycles. The van der Waals surface area contributed by atoms with Gasteiger partial charge in [0.1, 0.15) is 0 Å². The van der Waals surface area contributed by atoms with Crippen LogP contribution in [0.15, 0.2) is 60.5 Å². The molecule has 2 aromatic carbocycles. The maximum Gasteiger partial charge on any atom is 0.322 e. The Balaban J connectivity index is 2.43. The van der Waals surface area contributed by atoms with Gasteiger partial charge >= 0.3 is 6.03 Å². The third-order valence-corrected chi connectivity index (χ3v) is 2.95. The van der Waals surface area contributed by atoms with Crippen LogP contribution in [0.25, 0.3) is 0 Å². The number of carbonyl (C=O) groups is 2. The van der Waals surface area contributed by atoms with Crippen LogP contribution < -0.4 is 10.6 Å². The quantitative estimate of drug-likeness (QED) is 0.806. The van der Waals surface area contributed by atoms with E-state index < -0.39 is 47.7 Å². The van der Waals surface area contributed by atoms with Crippen LogP contribution in [0.5, 0.6) is 0 Å². The van der Waals surface area contributed by atoms with Crippen LogP contribution in [0, 0.1) is 0 Å². The van der Waals surface area contributed by atoms with Crippen LogP contribution in [0.4, 0.5) is 4.79 Å². The highest BCUT2D eigenvalue weighted by molar-refractivity contribution is 6.09. The van der Waals surface area contributed by atoms with E-state index in [1.54, 1.807) is 30.3 Å². The lowest BCUT2D eigenvalue weighted by atomic mass is 9.83. The standard InChI is InChI=1S/C15H12N2O2/c18-13-15(17-14(19)16-13,11-7-3-1-4-8-11)12-9-5-2-6-10-12/h1-10H,(H2,16,17,18,19)/i1D,3D,4D,7D,8D. The summed E-state index contributed by atoms with van der Waals surface area (Å²) in [5, 5.41) is 4.53. The van der Waals surface area contributed by atoms with E-state index in [1.807, 2.05) is 0 Å². The molecule has 0 saturated carbocycles. The summed E-state index contributed by atoms with van der Waals surface area (Å²) in [5.74, 6) is -0.794. The maximum atomic E-state index is 12.6. The van der Waals surface area contributed by atoms with E-state index >= 15 is 0 Å². The minimum Gasteiger partial charge on any atom is -0.316 e. The zero-order chi connectivity index (χ0) is 17.6. The Morgan fingerprint density at radius 3 is 2.21 bits per heavy atom. The van der Waals surface area contributed by atoms with Crippen LogP contribution in [0.2, 0.25) is 0 Å². The number of urea groups is 1. The highest BCUT2D eigenvalue weighted by atomic mass is 16.2. The van der Waals surface area contributed by atoms with Gasteiger partial charge in [-0.25, -0.2) is 4.79 Å². The second-order valence-corrected chi connectivity index (χ2v) is 4.02. The number of hydrogen-bond donors (Lipinski definition) is 2. The van der Waals surface area contributed by atoms with Crippen molar-refractivity contribution in [2.45, 2.75) is 5.54 Å². The summed E-state index contributed by atoms with van der Waals surface area (Å²) in [7, 11) is 0. The molecule has 94 valence electrons. The molecule has 4 nitrogen and oxygen atoms in total. The van der Waals surface area contributed by atoms with Gasteiger partial charge in [-0.3, -0.25) is 10.1 Å². The molecule has 1 unspecified atom stereocenters. The molecule has 2 aromatic rings. The topological polar surface area (TPSA) is 58.2 Å². The van der Waals surface area contributed by atoms with Crippen LogP contribution in [0.3, 0.4) is 0 Å². The summed E-state index contributed by atoms with van der Waals surface area (Å²) in [4.78, 5) is 24.4. The third kappa shape index (κ3) is 1.69. The molecule has 1 heterocycles. The molecular formula is C15H12N2O2. The van der Waals surface area contributed by atoms with E-state index in [2.05, 4.69) is 10.6 Å². The monoisotopic (exact) mass is 257 g/mol. The van der Waals surface area contributed by atoms with Crippen LogP contribution in [-0.2, 0) is 10.3 Å². The molecule has 3 amide bonds. The summed E-state index contributed by atoms with van der Waals surface area (Å²) < 4.78 is 39.6. The van der Waals surface area contributed by atoms with Gasteiger partial charge in [0, 0.05) is 0 Å². The van der Waals surface area contributed by atoms with Gasteiger partial charge in [-0.2, -0.15) is 0 Å². The number of amides is 3. The SMILES string of the molecule is [2H]c1c([2H])c([2H])c(C2(c3ccccc3)NC(=O)NC2=O)c([2H])c1[2H]. The molecule has 2 N–H and O–H groups in total. The first-order valence-electron chi connectivity index (χ1n) is 8.07. The minimum absolute atomic E-state index is 0.289. The lowest BCUT2D eigenvalue weighted by Crippen LogP contribution is -2.44. The van der Waals surface area contributed by atoms with E-state index in [9.17, 15) is 9.59 Å². The Kier molecular flexibility index (Phi) is 1.58. The van der Waals surface area contributed by atoms with Gasteiger partial charge in [-0.05, 0) is 11.1 Å². The van der Waals surface area contributed by atoms with Crippen molar-refractivity contribution in [3.05, 3.63) is 71.7 Å². The smallest absolute Gasteiger partial charge is 0.316 e. The maximum absolute atomic E-state index is 12.6. The van der Waals surface area contributed by atoms with Crippen molar-refractivity contribution in [1.82, 2.24) is 10.6 Å². The predicted molar refractivity (Wildman–Crippen MR) is 70.3 cm³/mol. The van der Waals surface area contributed by atoms with E-state index in [1.165, 1.54) is 0 Å². The number of benzene rings is 2. The van der Waals surface area contributed by atoms with E-state index in [4.69, 9.17) is 6.85 Å². The van der Waals surface area contributed by atoms with Crippen molar-refractivity contribution in [3.63, 3.8) is 0 Å². The van der Waals surface area contributed by atoms with Crippen molar-refractivity contribution in [2.24, 2.45) is 0 Å². The Bertz CT molecular complexity index is 843. The lowest BCUT2D eigenvalue weighted by Gasteiger charge is -2.27. The zero-order valence-electron chi connectivity index (χ0n) is 14.7. The number of imide groups is 1. The Morgan fingerprint density at radius 1 is 0.947 bits per heavy atom. The molecular weight excluding hydrogens is 240 g/mol. The average Bonchev–Trinajstić information content (AvgIpc) is 2.87. The van der Waals surface area contributed by atoms with Gasteiger partial charge in [0.15, 0.2) is 5.54 Å². The summed E-state index contributed by atoms with van der Waals surface area (Å²) in [6.07, 6.45) is 0. The number of nitrogens with one attached hydrogen (secondary N) is 2. The Morgan fingerprint density at radius 2 is 1.63 bits per heavy atom. The van der Waals surface area contributed by atoms with E-state index in [0.29, 0.717) is 5.56 Å². The molecule has 0 aliphatic carbocycles. The van der Waals surface area contributed by atoms with Gasteiger partial charge < -0.3 is 5.32 Å². The first-order valence-corrected chi connectivity index (χ1v) is 5.57. The van der Waals surface area contributed by atoms with Crippen molar-refractivity contribution < 1.29 is 16.4 Å². The van der Waals surface area contributed by atoms with Gasteiger partial charge in [0.05, 0.1) is 6.85 Å². The zero-order valence-corrected chi connectivity index (χ0v) is 9.70. The molecule has 1 atom stereocenters. The second kappa shape index (κ2) is 4.24. The first-order chi connectivity index (χ1) is 11.3. The summed E-state index contributed by atoms with van der Waals surface area (Å²) in [6.45, 7) is 0. The van der Waals surface area contributed by atoms with Crippen molar-refractivity contribution in [1.29, 1.82) is 0 Å². The lowest BCUT2D eigenvalue weighted by molar-refractivity contribution is -0.122. The summed E-state index contributed by atoms with van der Waals surface area (Å²) in [6, 6.07) is 4.47. The summed E-state index contributed by atoms with van der Waals surface area (Å²) >= 11 is 0. The Hall–Kier alpha value is -2.62. The molecule has 0 bridgehead atoms. The van der Waals surface area contributed by atoms with Crippen LogP contribution in [0.1, 0.15) is 18.0 Å². The van der Waals surface area contributed by atoms with Crippen molar-refractivity contribution in [3.8, 4) is 0 Å². The molecule has 0 radical (unpaired) electrons. The third-order valence-electron chi connectivity index (χ3n) is 2.95. The number of carbonyl (C=O) groups excluding carboxylic acids is 2. The highest BCUT2D eigenvalue weighted by Crippen LogP contribution is 2.32. The van der Waals surface area contributed by atoms with Crippen molar-refractivity contribution in [2.75, 3.05) is 0 Å². The molecule has 19 heavy (non-hydrogen) atoms. The summed E-state index contributed by atoms with van der Waals surface area (Å²) in [5.41, 5.74) is -1.87. The first kappa shape index (κ1) is 7.09. The second-order valence-electron chi connectivity index (χ2n) is 4.02. The van der Waals surface area contributed by atoms with Gasteiger partial charge in [-0.15, -0.1) is 0 Å². The fraction of sp³-hybridized carbons (Fsp3) is 0.0667. The molecule has 3 rings (SSSR count). The fourth-order valence-electron chi connectivity index (χ4n) is 2.10. The van der Waals surface area contributed by atoms with Gasteiger partial charge in [-0.1, -0.05) is 60.5 Å². The normalized spacial score (nSPS) is 25.6. The molecule has 4 heteroatoms.